The van der Waals surface area contributed by atoms with Crippen LogP contribution in [0.15, 0.2) is 0 Å². The van der Waals surface area contributed by atoms with Crippen LogP contribution in [0.3, 0.4) is 0 Å². The highest BCUT2D eigenvalue weighted by Crippen LogP contribution is 2.68. The smallest absolute Gasteiger partial charge is 0.0622 e. The van der Waals surface area contributed by atoms with Crippen LogP contribution in [0.5, 0.6) is 0 Å². The summed E-state index contributed by atoms with van der Waals surface area (Å²) in [6.45, 7) is 9.76. The van der Waals surface area contributed by atoms with Gasteiger partial charge < -0.3 is 5.11 Å². The molecule has 0 aromatic carbocycles. The molecule has 0 unspecified atom stereocenters. The molecule has 4 fully saturated rings. The van der Waals surface area contributed by atoms with Crippen LogP contribution in [0.4, 0.5) is 0 Å². The van der Waals surface area contributed by atoms with Crippen molar-refractivity contribution in [2.24, 2.45) is 40.4 Å². The Hall–Kier alpha value is -0.0400. The molecule has 1 N–H and O–H groups in total. The first-order chi connectivity index (χ1) is 10.8. The fourth-order valence-electron chi connectivity index (χ4n) is 8.21. The van der Waals surface area contributed by atoms with Gasteiger partial charge in [-0.15, -0.1) is 0 Å². The van der Waals surface area contributed by atoms with Gasteiger partial charge in [0, 0.05) is 0 Å². The van der Waals surface area contributed by atoms with Gasteiger partial charge in [-0.3, -0.25) is 0 Å². The average Bonchev–Trinajstić information content (AvgIpc) is 2.84. The summed E-state index contributed by atoms with van der Waals surface area (Å²) in [5.41, 5.74) is 0.789. The van der Waals surface area contributed by atoms with Crippen LogP contribution < -0.4 is 0 Å². The quantitative estimate of drug-likeness (QED) is 0.647. The summed E-state index contributed by atoms with van der Waals surface area (Å²) in [7, 11) is 0. The fraction of sp³-hybridized carbons (Fsp3) is 1.00. The Morgan fingerprint density at radius 3 is 2.30 bits per heavy atom. The molecular formula is C22H38O. The first-order valence-electron chi connectivity index (χ1n) is 10.5. The van der Waals surface area contributed by atoms with Crippen molar-refractivity contribution in [2.45, 2.75) is 97.5 Å². The van der Waals surface area contributed by atoms with Crippen molar-refractivity contribution in [2.75, 3.05) is 0 Å². The molecule has 0 aromatic heterocycles. The normalized spacial score (nSPS) is 59.1. The lowest BCUT2D eigenvalue weighted by atomic mass is 9.44. The molecule has 0 heterocycles. The maximum absolute atomic E-state index is 10.6. The monoisotopic (exact) mass is 318 g/mol. The van der Waals surface area contributed by atoms with Gasteiger partial charge in [0.2, 0.25) is 0 Å². The van der Waals surface area contributed by atoms with Gasteiger partial charge in [0.25, 0.3) is 0 Å². The van der Waals surface area contributed by atoms with Crippen molar-refractivity contribution in [1.29, 1.82) is 0 Å². The zero-order valence-corrected chi connectivity index (χ0v) is 15.9. The number of aliphatic hydroxyl groups is 1. The summed E-state index contributed by atoms with van der Waals surface area (Å²) in [5, 5.41) is 10.6. The van der Waals surface area contributed by atoms with E-state index >= 15 is 0 Å². The maximum atomic E-state index is 10.6. The molecule has 0 spiro atoms. The van der Waals surface area contributed by atoms with Crippen molar-refractivity contribution < 1.29 is 5.11 Å². The highest BCUT2D eigenvalue weighted by atomic mass is 16.3. The molecule has 1 heteroatoms. The van der Waals surface area contributed by atoms with Crippen LogP contribution in [0.1, 0.15) is 91.9 Å². The molecule has 0 saturated heterocycles. The molecule has 0 aromatic rings. The van der Waals surface area contributed by atoms with Crippen LogP contribution in [-0.2, 0) is 0 Å². The second-order valence-electron chi connectivity index (χ2n) is 10.6. The highest BCUT2D eigenvalue weighted by Gasteiger charge is 2.60. The van der Waals surface area contributed by atoms with E-state index in [2.05, 4.69) is 27.7 Å². The molecule has 1 nitrogen and oxygen atoms in total. The van der Waals surface area contributed by atoms with Gasteiger partial charge in [-0.25, -0.2) is 0 Å². The van der Waals surface area contributed by atoms with Crippen LogP contribution in [0.2, 0.25) is 0 Å². The van der Waals surface area contributed by atoms with Gasteiger partial charge in [0.05, 0.1) is 5.60 Å². The van der Waals surface area contributed by atoms with Crippen LogP contribution in [-0.4, -0.2) is 10.7 Å². The lowest BCUT2D eigenvalue weighted by molar-refractivity contribution is -0.146. The molecule has 0 amide bonds. The lowest BCUT2D eigenvalue weighted by Gasteiger charge is -2.62. The molecule has 132 valence electrons. The Bertz CT molecular complexity index is 469. The third-order valence-corrected chi connectivity index (χ3v) is 9.64. The summed E-state index contributed by atoms with van der Waals surface area (Å²) < 4.78 is 0. The topological polar surface area (TPSA) is 20.2 Å². The molecular weight excluding hydrogens is 280 g/mol. The summed E-state index contributed by atoms with van der Waals surface area (Å²) in [5.74, 6) is 4.72. The predicted molar refractivity (Wildman–Crippen MR) is 96.1 cm³/mol. The molecule has 0 radical (unpaired) electrons. The van der Waals surface area contributed by atoms with Crippen molar-refractivity contribution in [3.05, 3.63) is 0 Å². The van der Waals surface area contributed by atoms with Crippen molar-refractivity contribution in [3.8, 4) is 0 Å². The van der Waals surface area contributed by atoms with Crippen molar-refractivity contribution >= 4 is 0 Å². The molecule has 8 atom stereocenters. The van der Waals surface area contributed by atoms with Crippen LogP contribution in [0.25, 0.3) is 0 Å². The SMILES string of the molecule is CC[C@H]1CC[C@H]2[C@@H]3CC[C@H]4C[C@@](C)(O)CC[C@]4(C)[C@H]3CC[C@]12C. The first kappa shape index (κ1) is 16.4. The van der Waals surface area contributed by atoms with E-state index in [4.69, 9.17) is 0 Å². The molecule has 4 saturated carbocycles. The van der Waals surface area contributed by atoms with E-state index in [1.807, 2.05) is 0 Å². The summed E-state index contributed by atoms with van der Waals surface area (Å²) in [4.78, 5) is 0. The van der Waals surface area contributed by atoms with E-state index < -0.39 is 0 Å². The second-order valence-corrected chi connectivity index (χ2v) is 10.6. The van der Waals surface area contributed by atoms with Crippen molar-refractivity contribution in [1.82, 2.24) is 0 Å². The van der Waals surface area contributed by atoms with E-state index in [1.165, 1.54) is 51.4 Å². The third kappa shape index (κ3) is 2.28. The Kier molecular flexibility index (Phi) is 3.73. The largest absolute Gasteiger partial charge is 0.390 e. The summed E-state index contributed by atoms with van der Waals surface area (Å²) in [6, 6.07) is 0. The van der Waals surface area contributed by atoms with E-state index in [1.54, 1.807) is 0 Å². The van der Waals surface area contributed by atoms with Gasteiger partial charge >= 0.3 is 0 Å². The Morgan fingerprint density at radius 1 is 0.826 bits per heavy atom. The van der Waals surface area contributed by atoms with E-state index in [0.717, 1.165) is 42.4 Å². The average molecular weight is 319 g/mol. The maximum Gasteiger partial charge on any atom is 0.0622 e. The summed E-state index contributed by atoms with van der Waals surface area (Å²) >= 11 is 0. The number of hydrogen-bond acceptors (Lipinski definition) is 1. The summed E-state index contributed by atoms with van der Waals surface area (Å²) in [6.07, 6.45) is 13.6. The van der Waals surface area contributed by atoms with E-state index in [-0.39, 0.29) is 5.60 Å². The molecule has 4 rings (SSSR count). The Morgan fingerprint density at radius 2 is 1.57 bits per heavy atom. The standard InChI is InChI=1S/C22H38O/c1-5-15-7-9-18-17-8-6-16-14-20(2,23)12-13-22(16,4)19(17)10-11-21(15,18)3/h15-19,23H,5-14H2,1-4H3/t15-,16-,17-,18-,19-,20-,21+,22-/m0/s1. The van der Waals surface area contributed by atoms with Crippen molar-refractivity contribution in [3.63, 3.8) is 0 Å². The molecule has 4 aliphatic carbocycles. The minimum absolute atomic E-state index is 0.388. The molecule has 23 heavy (non-hydrogen) atoms. The van der Waals surface area contributed by atoms with Crippen LogP contribution >= 0.6 is 0 Å². The minimum atomic E-state index is -0.388. The molecule has 4 aliphatic rings. The van der Waals surface area contributed by atoms with Gasteiger partial charge in [-0.05, 0) is 105 Å². The van der Waals surface area contributed by atoms with Gasteiger partial charge in [0.1, 0.15) is 0 Å². The Balaban J connectivity index is 1.60. The van der Waals surface area contributed by atoms with Gasteiger partial charge in [-0.1, -0.05) is 27.2 Å². The fourth-order valence-corrected chi connectivity index (χ4v) is 8.21. The lowest BCUT2D eigenvalue weighted by Crippen LogP contribution is -2.55. The minimum Gasteiger partial charge on any atom is -0.390 e. The van der Waals surface area contributed by atoms with Gasteiger partial charge in [0.15, 0.2) is 0 Å². The van der Waals surface area contributed by atoms with Crippen LogP contribution in [0, 0.1) is 40.4 Å². The number of fused-ring (bicyclic) bond motifs is 5. The molecule has 0 aliphatic heterocycles. The predicted octanol–water partition coefficient (Wildman–Crippen LogP) is 5.81. The molecule has 0 bridgehead atoms. The zero-order chi connectivity index (χ0) is 16.5. The Labute approximate surface area is 143 Å². The zero-order valence-electron chi connectivity index (χ0n) is 15.9. The highest BCUT2D eigenvalue weighted by molar-refractivity contribution is 5.09. The first-order valence-corrected chi connectivity index (χ1v) is 10.5. The second kappa shape index (κ2) is 5.23. The van der Waals surface area contributed by atoms with E-state index in [0.29, 0.717) is 10.8 Å². The number of hydrogen-bond donors (Lipinski definition) is 1. The third-order valence-electron chi connectivity index (χ3n) is 9.64. The van der Waals surface area contributed by atoms with Gasteiger partial charge in [-0.2, -0.15) is 0 Å². The van der Waals surface area contributed by atoms with E-state index in [9.17, 15) is 5.11 Å². The number of rotatable bonds is 1.